The monoisotopic (exact) mass is 411 g/mol. The van der Waals surface area contributed by atoms with Crippen molar-refractivity contribution in [1.29, 1.82) is 0 Å². The summed E-state index contributed by atoms with van der Waals surface area (Å²) in [5, 5.41) is 10.2. The third-order valence-electron chi connectivity index (χ3n) is 5.82. The Kier molecular flexibility index (Phi) is 6.24. The van der Waals surface area contributed by atoms with Crippen LogP contribution in [0.25, 0.3) is 0 Å². The van der Waals surface area contributed by atoms with Gasteiger partial charge in [-0.25, -0.2) is 0 Å². The highest BCUT2D eigenvalue weighted by Crippen LogP contribution is 2.24. The van der Waals surface area contributed by atoms with Gasteiger partial charge in [0.2, 0.25) is 11.8 Å². The third kappa shape index (κ3) is 4.53. The van der Waals surface area contributed by atoms with Gasteiger partial charge in [-0.05, 0) is 51.3 Å². The highest BCUT2D eigenvalue weighted by atomic mass is 16.2. The number of carbonyl (C=O) groups excluding carboxylic acids is 3. The number of benzene rings is 1. The van der Waals surface area contributed by atoms with Crippen LogP contribution < -0.4 is 10.6 Å². The van der Waals surface area contributed by atoms with Crippen molar-refractivity contribution in [1.82, 2.24) is 14.7 Å². The molecule has 160 valence electrons. The quantitative estimate of drug-likeness (QED) is 0.809. The lowest BCUT2D eigenvalue weighted by Gasteiger charge is -2.30. The number of hydrogen-bond donors (Lipinski definition) is 2. The maximum absolute atomic E-state index is 12.8. The topological polar surface area (TPSA) is 96.3 Å². The SMILES string of the molecule is CC(=O)N1CCC(C(=O)Nc2cc(C(=O)Nc3c(C)nn(C)c3C)ccc2C)CC1. The number of anilines is 2. The molecule has 8 nitrogen and oxygen atoms in total. The molecule has 1 aromatic heterocycles. The molecule has 0 radical (unpaired) electrons. The molecule has 1 aliphatic heterocycles. The average Bonchev–Trinajstić information content (AvgIpc) is 2.95. The van der Waals surface area contributed by atoms with Gasteiger partial charge in [0.05, 0.1) is 17.1 Å². The van der Waals surface area contributed by atoms with Crippen LogP contribution in [-0.4, -0.2) is 45.5 Å². The fourth-order valence-corrected chi connectivity index (χ4v) is 3.73. The molecule has 1 fully saturated rings. The molecule has 8 heteroatoms. The summed E-state index contributed by atoms with van der Waals surface area (Å²) in [6.07, 6.45) is 1.29. The van der Waals surface area contributed by atoms with E-state index < -0.39 is 0 Å². The first-order chi connectivity index (χ1) is 14.2. The zero-order valence-corrected chi connectivity index (χ0v) is 18.2. The van der Waals surface area contributed by atoms with Crippen LogP contribution in [0, 0.1) is 26.7 Å². The lowest BCUT2D eigenvalue weighted by molar-refractivity contribution is -0.132. The van der Waals surface area contributed by atoms with Crippen LogP contribution in [0.4, 0.5) is 11.4 Å². The maximum Gasteiger partial charge on any atom is 0.255 e. The number of hydrogen-bond acceptors (Lipinski definition) is 4. The number of aryl methyl sites for hydroxylation is 3. The van der Waals surface area contributed by atoms with Crippen molar-refractivity contribution < 1.29 is 14.4 Å². The molecule has 2 N–H and O–H groups in total. The maximum atomic E-state index is 12.8. The van der Waals surface area contributed by atoms with E-state index in [2.05, 4.69) is 15.7 Å². The van der Waals surface area contributed by atoms with Crippen LogP contribution in [0.2, 0.25) is 0 Å². The van der Waals surface area contributed by atoms with E-state index >= 15 is 0 Å². The van der Waals surface area contributed by atoms with Crippen molar-refractivity contribution >= 4 is 29.1 Å². The summed E-state index contributed by atoms with van der Waals surface area (Å²) in [5.41, 5.74) is 4.30. The highest BCUT2D eigenvalue weighted by molar-refractivity contribution is 6.06. The summed E-state index contributed by atoms with van der Waals surface area (Å²) >= 11 is 0. The summed E-state index contributed by atoms with van der Waals surface area (Å²) in [6, 6.07) is 5.27. The van der Waals surface area contributed by atoms with E-state index in [0.29, 0.717) is 42.9 Å². The summed E-state index contributed by atoms with van der Waals surface area (Å²) in [4.78, 5) is 38.7. The zero-order valence-electron chi connectivity index (χ0n) is 18.2. The number of nitrogens with zero attached hydrogens (tertiary/aromatic N) is 3. The lowest BCUT2D eigenvalue weighted by Crippen LogP contribution is -2.40. The number of likely N-dealkylation sites (tertiary alicyclic amines) is 1. The van der Waals surface area contributed by atoms with Crippen molar-refractivity contribution in [3.63, 3.8) is 0 Å². The number of amides is 3. The van der Waals surface area contributed by atoms with Crippen molar-refractivity contribution in [2.45, 2.75) is 40.5 Å². The molecule has 0 atom stereocenters. The Hall–Kier alpha value is -3.16. The molecule has 0 aliphatic carbocycles. The number of nitrogens with one attached hydrogen (secondary N) is 2. The highest BCUT2D eigenvalue weighted by Gasteiger charge is 2.26. The molecule has 30 heavy (non-hydrogen) atoms. The van der Waals surface area contributed by atoms with E-state index in [1.807, 2.05) is 33.9 Å². The van der Waals surface area contributed by atoms with Gasteiger partial charge < -0.3 is 15.5 Å². The molecule has 0 bridgehead atoms. The summed E-state index contributed by atoms with van der Waals surface area (Å²) < 4.78 is 1.73. The summed E-state index contributed by atoms with van der Waals surface area (Å²) in [7, 11) is 1.83. The fourth-order valence-electron chi connectivity index (χ4n) is 3.73. The smallest absolute Gasteiger partial charge is 0.255 e. The van der Waals surface area contributed by atoms with Crippen molar-refractivity contribution in [2.24, 2.45) is 13.0 Å². The molecule has 0 saturated carbocycles. The Bertz CT molecular complexity index is 987. The third-order valence-corrected chi connectivity index (χ3v) is 5.82. The normalized spacial score (nSPS) is 14.5. The molecule has 1 aromatic carbocycles. The first-order valence-electron chi connectivity index (χ1n) is 10.2. The number of rotatable bonds is 4. The first-order valence-corrected chi connectivity index (χ1v) is 10.2. The lowest BCUT2D eigenvalue weighted by atomic mass is 9.95. The van der Waals surface area contributed by atoms with Crippen LogP contribution in [0.15, 0.2) is 18.2 Å². The Labute approximate surface area is 176 Å². The van der Waals surface area contributed by atoms with E-state index in [9.17, 15) is 14.4 Å². The van der Waals surface area contributed by atoms with Crippen LogP contribution in [-0.2, 0) is 16.6 Å². The van der Waals surface area contributed by atoms with E-state index in [1.165, 1.54) is 0 Å². The van der Waals surface area contributed by atoms with Crippen molar-refractivity contribution in [3.8, 4) is 0 Å². The van der Waals surface area contributed by atoms with Gasteiger partial charge in [-0.3, -0.25) is 19.1 Å². The molecule has 1 aliphatic rings. The van der Waals surface area contributed by atoms with Gasteiger partial charge in [0.25, 0.3) is 5.91 Å². The van der Waals surface area contributed by atoms with Gasteiger partial charge in [-0.2, -0.15) is 5.10 Å². The molecule has 2 aromatic rings. The van der Waals surface area contributed by atoms with Gasteiger partial charge in [0, 0.05) is 44.2 Å². The predicted molar refractivity (Wildman–Crippen MR) is 115 cm³/mol. The molecule has 3 rings (SSSR count). The van der Waals surface area contributed by atoms with Gasteiger partial charge in [0.1, 0.15) is 0 Å². The molecule has 3 amide bonds. The summed E-state index contributed by atoms with van der Waals surface area (Å²) in [6.45, 7) is 8.38. The zero-order chi connectivity index (χ0) is 22.0. The Morgan fingerprint density at radius 1 is 1.07 bits per heavy atom. The molecule has 0 spiro atoms. The minimum absolute atomic E-state index is 0.0440. The second-order valence-corrected chi connectivity index (χ2v) is 7.92. The summed E-state index contributed by atoms with van der Waals surface area (Å²) in [5.74, 6) is -0.419. The molecule has 2 heterocycles. The minimum atomic E-state index is -0.250. The number of aromatic nitrogens is 2. The molecular formula is C22H29N5O3. The van der Waals surface area contributed by atoms with Crippen LogP contribution >= 0.6 is 0 Å². The van der Waals surface area contributed by atoms with Gasteiger partial charge >= 0.3 is 0 Å². The van der Waals surface area contributed by atoms with E-state index in [1.54, 1.807) is 28.6 Å². The standard InChI is InChI=1S/C22H29N5O3/c1-13-6-7-18(22(30)24-20-14(2)25-26(5)15(20)3)12-19(13)23-21(29)17-8-10-27(11-9-17)16(4)28/h6-7,12,17H,8-11H2,1-5H3,(H,23,29)(H,24,30). The van der Waals surface area contributed by atoms with Crippen LogP contribution in [0.3, 0.4) is 0 Å². The van der Waals surface area contributed by atoms with Crippen molar-refractivity contribution in [2.75, 3.05) is 23.7 Å². The predicted octanol–water partition coefficient (Wildman–Crippen LogP) is 2.79. The van der Waals surface area contributed by atoms with E-state index in [-0.39, 0.29) is 23.6 Å². The van der Waals surface area contributed by atoms with Crippen LogP contribution in [0.1, 0.15) is 47.1 Å². The van der Waals surface area contributed by atoms with Gasteiger partial charge in [0.15, 0.2) is 0 Å². The number of carbonyl (C=O) groups is 3. The van der Waals surface area contributed by atoms with Crippen molar-refractivity contribution in [3.05, 3.63) is 40.7 Å². The second-order valence-electron chi connectivity index (χ2n) is 7.92. The largest absolute Gasteiger partial charge is 0.343 e. The molecular weight excluding hydrogens is 382 g/mol. The average molecular weight is 412 g/mol. The van der Waals surface area contributed by atoms with E-state index in [0.717, 1.165) is 17.0 Å². The van der Waals surface area contributed by atoms with Crippen LogP contribution in [0.5, 0.6) is 0 Å². The Morgan fingerprint density at radius 3 is 2.30 bits per heavy atom. The fraction of sp³-hybridized carbons (Fsp3) is 0.455. The Balaban J connectivity index is 1.70. The molecule has 1 saturated heterocycles. The first kappa shape index (κ1) is 21.5. The molecule has 0 unspecified atom stereocenters. The number of piperidine rings is 1. The Morgan fingerprint density at radius 2 is 1.73 bits per heavy atom. The second kappa shape index (κ2) is 8.69. The van der Waals surface area contributed by atoms with Gasteiger partial charge in [-0.15, -0.1) is 0 Å². The van der Waals surface area contributed by atoms with Gasteiger partial charge in [-0.1, -0.05) is 6.07 Å². The minimum Gasteiger partial charge on any atom is -0.343 e. The van der Waals surface area contributed by atoms with E-state index in [4.69, 9.17) is 0 Å².